The number of hydrogen-bond donors (Lipinski definition) is 1. The van der Waals surface area contributed by atoms with Gasteiger partial charge in [-0.15, -0.1) is 0 Å². The van der Waals surface area contributed by atoms with Gasteiger partial charge in [-0.3, -0.25) is 4.98 Å². The number of pyridine rings is 2. The first-order valence-electron chi connectivity index (χ1n) is 6.85. The molecule has 0 fully saturated rings. The van der Waals surface area contributed by atoms with E-state index in [-0.39, 0.29) is 6.04 Å². The van der Waals surface area contributed by atoms with Gasteiger partial charge in [0.1, 0.15) is 0 Å². The Morgan fingerprint density at radius 1 is 1.05 bits per heavy atom. The van der Waals surface area contributed by atoms with Crippen LogP contribution >= 0.6 is 0 Å². The van der Waals surface area contributed by atoms with Gasteiger partial charge in [-0.1, -0.05) is 18.2 Å². The molecule has 1 atom stereocenters. The summed E-state index contributed by atoms with van der Waals surface area (Å²) in [7, 11) is 0. The molecule has 0 aliphatic rings. The Hall–Kier alpha value is -2.72. The van der Waals surface area contributed by atoms with Crippen molar-refractivity contribution < 1.29 is 0 Å². The van der Waals surface area contributed by atoms with E-state index in [0.29, 0.717) is 0 Å². The molecule has 1 aromatic carbocycles. The van der Waals surface area contributed by atoms with E-state index in [2.05, 4.69) is 22.2 Å². The zero-order valence-electron chi connectivity index (χ0n) is 11.3. The van der Waals surface area contributed by atoms with E-state index in [1.165, 1.54) is 0 Å². The summed E-state index contributed by atoms with van der Waals surface area (Å²) in [6.07, 6.45) is 5.57. The Morgan fingerprint density at radius 2 is 2.00 bits per heavy atom. The predicted octanol–water partition coefficient (Wildman–Crippen LogP) is 2.93. The molecule has 3 aromatic heterocycles. The summed E-state index contributed by atoms with van der Waals surface area (Å²) in [5, 5.41) is 5.45. The van der Waals surface area contributed by atoms with Crippen molar-refractivity contribution in [3.05, 3.63) is 78.2 Å². The van der Waals surface area contributed by atoms with Gasteiger partial charge in [-0.05, 0) is 35.9 Å². The van der Waals surface area contributed by atoms with E-state index >= 15 is 0 Å². The summed E-state index contributed by atoms with van der Waals surface area (Å²) in [4.78, 5) is 4.34. The van der Waals surface area contributed by atoms with Crippen molar-refractivity contribution in [3.63, 3.8) is 0 Å². The van der Waals surface area contributed by atoms with Crippen LogP contribution in [0.15, 0.2) is 67.1 Å². The van der Waals surface area contributed by atoms with E-state index < -0.39 is 0 Å². The Kier molecular flexibility index (Phi) is 2.69. The molecule has 4 rings (SSSR count). The first kappa shape index (κ1) is 12.1. The average molecular weight is 274 g/mol. The van der Waals surface area contributed by atoms with Crippen molar-refractivity contribution >= 4 is 16.4 Å². The van der Waals surface area contributed by atoms with Gasteiger partial charge in [0, 0.05) is 23.3 Å². The molecule has 4 aromatic rings. The molecule has 4 nitrogen and oxygen atoms in total. The largest absolute Gasteiger partial charge is 0.320 e. The van der Waals surface area contributed by atoms with E-state index in [1.54, 1.807) is 6.20 Å². The maximum Gasteiger partial charge on any atom is 0.0712 e. The zero-order chi connectivity index (χ0) is 14.2. The van der Waals surface area contributed by atoms with E-state index in [4.69, 9.17) is 5.73 Å². The molecule has 2 N–H and O–H groups in total. The lowest BCUT2D eigenvalue weighted by Crippen LogP contribution is -2.11. The zero-order valence-corrected chi connectivity index (χ0v) is 11.3. The highest BCUT2D eigenvalue weighted by Gasteiger charge is 2.14. The van der Waals surface area contributed by atoms with Crippen molar-refractivity contribution in [2.75, 3.05) is 0 Å². The van der Waals surface area contributed by atoms with Crippen LogP contribution in [-0.4, -0.2) is 14.6 Å². The molecule has 0 saturated carbocycles. The molecule has 4 heteroatoms. The Morgan fingerprint density at radius 3 is 2.95 bits per heavy atom. The highest BCUT2D eigenvalue weighted by atomic mass is 15.2. The van der Waals surface area contributed by atoms with E-state index in [1.807, 2.05) is 53.3 Å². The fraction of sp³-hybridized carbons (Fsp3) is 0.0588. The Bertz CT molecular complexity index is 926. The predicted molar refractivity (Wildman–Crippen MR) is 83.0 cm³/mol. The van der Waals surface area contributed by atoms with E-state index in [0.717, 1.165) is 27.5 Å². The summed E-state index contributed by atoms with van der Waals surface area (Å²) >= 11 is 0. The van der Waals surface area contributed by atoms with E-state index in [9.17, 15) is 0 Å². The van der Waals surface area contributed by atoms with Crippen molar-refractivity contribution in [2.45, 2.75) is 6.04 Å². The second-order valence-electron chi connectivity index (χ2n) is 5.06. The number of aromatic nitrogens is 3. The third-order valence-corrected chi connectivity index (χ3v) is 3.78. The van der Waals surface area contributed by atoms with Crippen LogP contribution in [0.2, 0.25) is 0 Å². The van der Waals surface area contributed by atoms with Crippen LogP contribution in [0.25, 0.3) is 16.4 Å². The van der Waals surface area contributed by atoms with Crippen molar-refractivity contribution in [1.82, 2.24) is 14.6 Å². The molecule has 21 heavy (non-hydrogen) atoms. The molecule has 102 valence electrons. The number of fused-ring (bicyclic) bond motifs is 2. The molecule has 3 heterocycles. The van der Waals surface area contributed by atoms with Gasteiger partial charge in [0.15, 0.2) is 0 Å². The maximum atomic E-state index is 6.44. The lowest BCUT2D eigenvalue weighted by atomic mass is 9.99. The molecule has 0 aliphatic heterocycles. The van der Waals surface area contributed by atoms with Crippen LogP contribution in [-0.2, 0) is 0 Å². The summed E-state index contributed by atoms with van der Waals surface area (Å²) in [5.41, 5.74) is 10.6. The quantitative estimate of drug-likeness (QED) is 0.611. The minimum atomic E-state index is -0.200. The Labute approximate surface area is 121 Å². The third-order valence-electron chi connectivity index (χ3n) is 3.78. The second-order valence-corrected chi connectivity index (χ2v) is 5.06. The minimum Gasteiger partial charge on any atom is -0.320 e. The second kappa shape index (κ2) is 4.68. The van der Waals surface area contributed by atoms with Gasteiger partial charge in [-0.25, -0.2) is 4.52 Å². The van der Waals surface area contributed by atoms with Crippen LogP contribution < -0.4 is 5.73 Å². The molecular formula is C17H14N4. The summed E-state index contributed by atoms with van der Waals surface area (Å²) < 4.78 is 1.85. The van der Waals surface area contributed by atoms with Crippen LogP contribution in [0.3, 0.4) is 0 Å². The van der Waals surface area contributed by atoms with Gasteiger partial charge >= 0.3 is 0 Å². The number of hydrogen-bond acceptors (Lipinski definition) is 3. The molecule has 0 saturated heterocycles. The van der Waals surface area contributed by atoms with Crippen molar-refractivity contribution in [2.24, 2.45) is 5.73 Å². The summed E-state index contributed by atoms with van der Waals surface area (Å²) in [6, 6.07) is 15.9. The lowest BCUT2D eigenvalue weighted by Gasteiger charge is -2.11. The number of nitrogens with two attached hydrogens (primary N) is 1. The first-order valence-corrected chi connectivity index (χ1v) is 6.85. The fourth-order valence-electron chi connectivity index (χ4n) is 2.66. The molecular weight excluding hydrogens is 260 g/mol. The maximum absolute atomic E-state index is 6.44. The van der Waals surface area contributed by atoms with Gasteiger partial charge < -0.3 is 5.73 Å². The topological polar surface area (TPSA) is 56.2 Å². The SMILES string of the molecule is NC(c1ccc2ncccc2c1)c1cnn2ccccc12. The lowest BCUT2D eigenvalue weighted by molar-refractivity contribution is 0.882. The third kappa shape index (κ3) is 1.97. The first-order chi connectivity index (χ1) is 10.3. The standard InChI is InChI=1S/C17H14N4/c18-17(14-11-20-21-9-2-1-5-16(14)21)13-6-7-15-12(10-13)4-3-8-19-15/h1-11,17H,18H2. The van der Waals surface area contributed by atoms with Crippen molar-refractivity contribution in [1.29, 1.82) is 0 Å². The van der Waals surface area contributed by atoms with Crippen molar-refractivity contribution in [3.8, 4) is 0 Å². The normalized spacial score (nSPS) is 12.8. The van der Waals surface area contributed by atoms with Crippen LogP contribution in [0.4, 0.5) is 0 Å². The fourth-order valence-corrected chi connectivity index (χ4v) is 2.66. The smallest absolute Gasteiger partial charge is 0.0712 e. The highest BCUT2D eigenvalue weighted by molar-refractivity contribution is 5.79. The molecule has 0 radical (unpaired) electrons. The minimum absolute atomic E-state index is 0.200. The summed E-state index contributed by atoms with van der Waals surface area (Å²) in [5.74, 6) is 0. The number of benzene rings is 1. The molecule has 0 spiro atoms. The average Bonchev–Trinajstić information content (AvgIpc) is 2.98. The molecule has 1 unspecified atom stereocenters. The van der Waals surface area contributed by atoms with Gasteiger partial charge in [0.2, 0.25) is 0 Å². The molecule has 0 aliphatic carbocycles. The number of rotatable bonds is 2. The van der Waals surface area contributed by atoms with Gasteiger partial charge in [-0.2, -0.15) is 5.10 Å². The number of nitrogens with zero attached hydrogens (tertiary/aromatic N) is 3. The summed E-state index contributed by atoms with van der Waals surface area (Å²) in [6.45, 7) is 0. The van der Waals surface area contributed by atoms with Gasteiger partial charge in [0.05, 0.1) is 23.3 Å². The van der Waals surface area contributed by atoms with Crippen LogP contribution in [0, 0.1) is 0 Å². The van der Waals surface area contributed by atoms with Gasteiger partial charge in [0.25, 0.3) is 0 Å². The van der Waals surface area contributed by atoms with Crippen LogP contribution in [0.1, 0.15) is 17.2 Å². The monoisotopic (exact) mass is 274 g/mol. The Balaban J connectivity index is 1.83. The molecule has 0 amide bonds. The van der Waals surface area contributed by atoms with Crippen LogP contribution in [0.5, 0.6) is 0 Å². The highest BCUT2D eigenvalue weighted by Crippen LogP contribution is 2.25. The molecule has 0 bridgehead atoms.